The van der Waals surface area contributed by atoms with E-state index in [2.05, 4.69) is 10.9 Å². The maximum Gasteiger partial charge on any atom is 0.266 e. The second kappa shape index (κ2) is 13.9. The Hall–Kier alpha value is -4.28. The third-order valence-corrected chi connectivity index (χ3v) is 6.86. The molecule has 0 fully saturated rings. The number of hydrogen-bond acceptors (Lipinski definition) is 9. The molecule has 3 aromatic rings. The Bertz CT molecular complexity index is 1310. The molecular formula is C31H37N3O7. The Morgan fingerprint density at radius 1 is 0.976 bits per heavy atom. The van der Waals surface area contributed by atoms with E-state index in [9.17, 15) is 4.79 Å². The standard InChI is InChI=1S/C31H37N3O7/c1-21-31(19-22-9-6-5-7-10-22,33-29(41-21)24-11-13-25(14-12-24)40-16-8-15-35)30(36)34-32-20-23-17-26(37-2)28(39-4)27(18-23)38-3/h5-7,9-14,17-18,21,32,35H,8,15-16,19-20H2,1-4H3,(H,34,36)/t21-,31-/m0/s1. The van der Waals surface area contributed by atoms with Crippen LogP contribution in [-0.2, 0) is 22.5 Å². The van der Waals surface area contributed by atoms with Crippen molar-refractivity contribution in [2.75, 3.05) is 34.5 Å². The molecule has 1 heterocycles. The summed E-state index contributed by atoms with van der Waals surface area (Å²) in [6, 6.07) is 20.7. The van der Waals surface area contributed by atoms with Crippen molar-refractivity contribution in [1.82, 2.24) is 10.9 Å². The summed E-state index contributed by atoms with van der Waals surface area (Å²) in [4.78, 5) is 18.7. The number of hydrogen-bond donors (Lipinski definition) is 3. The van der Waals surface area contributed by atoms with Crippen molar-refractivity contribution in [3.05, 3.63) is 83.4 Å². The number of amides is 1. The van der Waals surface area contributed by atoms with Crippen LogP contribution in [0, 0.1) is 0 Å². The number of aliphatic imine (C=N–C) groups is 1. The summed E-state index contributed by atoms with van der Waals surface area (Å²) in [7, 11) is 4.66. The molecule has 0 saturated heterocycles. The van der Waals surface area contributed by atoms with Gasteiger partial charge in [0.2, 0.25) is 11.6 Å². The van der Waals surface area contributed by atoms with Crippen LogP contribution in [-0.4, -0.2) is 63.1 Å². The lowest BCUT2D eigenvalue weighted by molar-refractivity contribution is -0.129. The van der Waals surface area contributed by atoms with Gasteiger partial charge in [-0.15, -0.1) is 0 Å². The summed E-state index contributed by atoms with van der Waals surface area (Å²) in [5.74, 6) is 2.28. The highest BCUT2D eigenvalue weighted by molar-refractivity contribution is 6.00. The summed E-state index contributed by atoms with van der Waals surface area (Å²) in [6.07, 6.45) is 0.361. The van der Waals surface area contributed by atoms with Crippen LogP contribution in [0.4, 0.5) is 0 Å². The van der Waals surface area contributed by atoms with E-state index >= 15 is 0 Å². The number of nitrogens with zero attached hydrogens (tertiary/aromatic N) is 1. The lowest BCUT2D eigenvalue weighted by Gasteiger charge is -2.28. The molecule has 1 aliphatic heterocycles. The van der Waals surface area contributed by atoms with E-state index in [1.807, 2.05) is 73.7 Å². The number of methoxy groups -OCH3 is 3. The number of aliphatic hydroxyl groups excluding tert-OH is 1. The molecule has 10 heteroatoms. The fourth-order valence-corrected chi connectivity index (χ4v) is 4.62. The minimum Gasteiger partial charge on any atom is -0.494 e. The topological polar surface area (TPSA) is 120 Å². The van der Waals surface area contributed by atoms with Gasteiger partial charge in [0.15, 0.2) is 17.0 Å². The SMILES string of the molecule is COc1cc(CNNC(=O)[C@@]2(Cc3ccccc3)N=C(c3ccc(OCCCO)cc3)O[C@H]2C)cc(OC)c1OC. The smallest absolute Gasteiger partial charge is 0.266 e. The van der Waals surface area contributed by atoms with Gasteiger partial charge in [-0.3, -0.25) is 10.2 Å². The first-order valence-corrected chi connectivity index (χ1v) is 13.4. The number of nitrogens with one attached hydrogen (secondary N) is 2. The van der Waals surface area contributed by atoms with Crippen molar-refractivity contribution in [1.29, 1.82) is 0 Å². The van der Waals surface area contributed by atoms with Crippen molar-refractivity contribution < 1.29 is 33.6 Å². The van der Waals surface area contributed by atoms with E-state index < -0.39 is 11.6 Å². The average molecular weight is 564 g/mol. The van der Waals surface area contributed by atoms with E-state index in [1.165, 1.54) is 0 Å². The first-order chi connectivity index (χ1) is 19.9. The Morgan fingerprint density at radius 2 is 1.66 bits per heavy atom. The van der Waals surface area contributed by atoms with Crippen LogP contribution in [0.15, 0.2) is 71.7 Å². The van der Waals surface area contributed by atoms with Gasteiger partial charge in [0.05, 0.1) is 27.9 Å². The molecule has 10 nitrogen and oxygen atoms in total. The minimum absolute atomic E-state index is 0.0729. The van der Waals surface area contributed by atoms with Gasteiger partial charge in [0.25, 0.3) is 5.91 Å². The van der Waals surface area contributed by atoms with Crippen LogP contribution >= 0.6 is 0 Å². The molecule has 0 aliphatic carbocycles. The van der Waals surface area contributed by atoms with E-state index in [0.717, 1.165) is 16.7 Å². The number of benzene rings is 3. The van der Waals surface area contributed by atoms with Crippen LogP contribution < -0.4 is 29.8 Å². The molecule has 0 bridgehead atoms. The lowest BCUT2D eigenvalue weighted by atomic mass is 9.86. The normalized spacial score (nSPS) is 17.8. The molecule has 0 unspecified atom stereocenters. The minimum atomic E-state index is -1.21. The zero-order valence-corrected chi connectivity index (χ0v) is 23.8. The zero-order valence-electron chi connectivity index (χ0n) is 23.8. The van der Waals surface area contributed by atoms with Crippen LogP contribution in [0.3, 0.4) is 0 Å². The van der Waals surface area contributed by atoms with Crippen LogP contribution in [0.1, 0.15) is 30.0 Å². The Kier molecular flexibility index (Phi) is 10.0. The van der Waals surface area contributed by atoms with Gasteiger partial charge in [0.1, 0.15) is 11.9 Å². The van der Waals surface area contributed by atoms with E-state index in [0.29, 0.717) is 54.9 Å². The van der Waals surface area contributed by atoms with Gasteiger partial charge in [-0.25, -0.2) is 10.4 Å². The molecule has 41 heavy (non-hydrogen) atoms. The molecule has 1 amide bonds. The predicted molar refractivity (Wildman–Crippen MR) is 155 cm³/mol. The number of aliphatic hydroxyl groups is 1. The second-order valence-electron chi connectivity index (χ2n) is 9.55. The fraction of sp³-hybridized carbons (Fsp3) is 0.355. The Balaban J connectivity index is 1.54. The first kappa shape index (κ1) is 29.7. The van der Waals surface area contributed by atoms with Crippen molar-refractivity contribution in [3.8, 4) is 23.0 Å². The van der Waals surface area contributed by atoms with Gasteiger partial charge in [0, 0.05) is 31.6 Å². The molecule has 4 rings (SSSR count). The summed E-state index contributed by atoms with van der Waals surface area (Å²) < 4.78 is 28.1. The van der Waals surface area contributed by atoms with Gasteiger partial charge < -0.3 is 28.8 Å². The van der Waals surface area contributed by atoms with E-state index in [1.54, 1.807) is 21.3 Å². The monoisotopic (exact) mass is 563 g/mol. The zero-order chi connectivity index (χ0) is 29.2. The van der Waals surface area contributed by atoms with Crippen molar-refractivity contribution in [2.24, 2.45) is 4.99 Å². The Morgan fingerprint density at radius 3 is 2.27 bits per heavy atom. The number of rotatable bonds is 14. The van der Waals surface area contributed by atoms with Gasteiger partial charge >= 0.3 is 0 Å². The highest BCUT2D eigenvalue weighted by Gasteiger charge is 2.50. The van der Waals surface area contributed by atoms with Gasteiger partial charge in [-0.05, 0) is 54.4 Å². The van der Waals surface area contributed by atoms with Crippen molar-refractivity contribution in [3.63, 3.8) is 0 Å². The Labute approximate surface area is 240 Å². The third-order valence-electron chi connectivity index (χ3n) is 6.86. The largest absolute Gasteiger partial charge is 0.494 e. The highest BCUT2D eigenvalue weighted by atomic mass is 16.5. The molecule has 218 valence electrons. The fourth-order valence-electron chi connectivity index (χ4n) is 4.62. The summed E-state index contributed by atoms with van der Waals surface area (Å²) >= 11 is 0. The van der Waals surface area contributed by atoms with Crippen molar-refractivity contribution in [2.45, 2.75) is 38.0 Å². The molecule has 0 saturated carbocycles. The van der Waals surface area contributed by atoms with Gasteiger partial charge in [-0.1, -0.05) is 30.3 Å². The predicted octanol–water partition coefficient (Wildman–Crippen LogP) is 3.44. The summed E-state index contributed by atoms with van der Waals surface area (Å²) in [6.45, 7) is 2.65. The number of ether oxygens (including phenoxy) is 5. The van der Waals surface area contributed by atoms with Crippen LogP contribution in [0.25, 0.3) is 0 Å². The highest BCUT2D eigenvalue weighted by Crippen LogP contribution is 2.38. The number of carbonyl (C=O) groups is 1. The summed E-state index contributed by atoms with van der Waals surface area (Å²) in [5.41, 5.74) is 7.17. The van der Waals surface area contributed by atoms with E-state index in [4.69, 9.17) is 33.8 Å². The van der Waals surface area contributed by atoms with Crippen LogP contribution in [0.5, 0.6) is 23.0 Å². The molecule has 3 N–H and O–H groups in total. The quantitative estimate of drug-likeness (QED) is 0.202. The van der Waals surface area contributed by atoms with Gasteiger partial charge in [-0.2, -0.15) is 0 Å². The molecule has 2 atom stereocenters. The number of hydrazine groups is 1. The molecule has 0 aromatic heterocycles. The molecule has 3 aromatic carbocycles. The van der Waals surface area contributed by atoms with Crippen LogP contribution in [0.2, 0.25) is 0 Å². The summed E-state index contributed by atoms with van der Waals surface area (Å²) in [5, 5.41) is 8.97. The number of carbonyl (C=O) groups excluding carboxylic acids is 1. The molecular weight excluding hydrogens is 526 g/mol. The molecule has 1 aliphatic rings. The van der Waals surface area contributed by atoms with Crippen molar-refractivity contribution >= 4 is 11.8 Å². The third kappa shape index (κ3) is 6.90. The van der Waals surface area contributed by atoms with E-state index in [-0.39, 0.29) is 12.5 Å². The molecule has 0 radical (unpaired) electrons. The molecule has 0 spiro atoms. The average Bonchev–Trinajstić information content (AvgIpc) is 3.33. The maximum absolute atomic E-state index is 13.8. The first-order valence-electron chi connectivity index (χ1n) is 13.4. The lowest BCUT2D eigenvalue weighted by Crippen LogP contribution is -2.55. The second-order valence-corrected chi connectivity index (χ2v) is 9.55. The maximum atomic E-state index is 13.8.